The van der Waals surface area contributed by atoms with Crippen LogP contribution in [0.3, 0.4) is 0 Å². The average Bonchev–Trinajstić information content (AvgIpc) is 2.64. The van der Waals surface area contributed by atoms with Gasteiger partial charge in [-0.3, -0.25) is 9.59 Å². The van der Waals surface area contributed by atoms with Gasteiger partial charge in [-0.2, -0.15) is 0 Å². The molecule has 1 aromatic carbocycles. The minimum absolute atomic E-state index is 0.184. The zero-order valence-electron chi connectivity index (χ0n) is 15.3. The quantitative estimate of drug-likeness (QED) is 0.777. The van der Waals surface area contributed by atoms with Crippen LogP contribution >= 0.6 is 0 Å². The molecule has 0 saturated heterocycles. The molecular weight excluding hydrogens is 356 g/mol. The number of halogens is 2. The Morgan fingerprint density at radius 1 is 1.15 bits per heavy atom. The number of carbonyl (C=O) groups excluding carboxylic acids is 2. The summed E-state index contributed by atoms with van der Waals surface area (Å²) in [6.45, 7) is 3.62. The number of methoxy groups -OCH3 is 1. The number of rotatable bonds is 7. The van der Waals surface area contributed by atoms with E-state index in [1.165, 1.54) is 7.11 Å². The average molecular weight is 377 g/mol. The molecule has 2 rings (SSSR count). The highest BCUT2D eigenvalue weighted by Gasteiger charge is 2.27. The molecule has 8 heteroatoms. The van der Waals surface area contributed by atoms with Gasteiger partial charge in [0, 0.05) is 18.8 Å². The summed E-state index contributed by atoms with van der Waals surface area (Å²) in [4.78, 5) is 28.8. The van der Waals surface area contributed by atoms with Crippen LogP contribution in [-0.2, 0) is 11.3 Å². The van der Waals surface area contributed by atoms with E-state index in [2.05, 4.69) is 15.6 Å². The molecule has 1 heterocycles. The van der Waals surface area contributed by atoms with Crippen LogP contribution in [0.5, 0.6) is 5.88 Å². The lowest BCUT2D eigenvalue weighted by molar-refractivity contribution is -0.124. The largest absolute Gasteiger partial charge is 0.481 e. The molecule has 1 aromatic heterocycles. The number of hydrogen-bond donors (Lipinski definition) is 2. The molecule has 144 valence electrons. The predicted molar refractivity (Wildman–Crippen MR) is 95.1 cm³/mol. The van der Waals surface area contributed by atoms with Gasteiger partial charge in [-0.1, -0.05) is 26.0 Å². The maximum atomic E-state index is 13.8. The molecular formula is C19H21F2N3O3. The second kappa shape index (κ2) is 9.07. The molecule has 2 aromatic rings. The van der Waals surface area contributed by atoms with Gasteiger partial charge in [-0.15, -0.1) is 0 Å². The van der Waals surface area contributed by atoms with Crippen molar-refractivity contribution < 1.29 is 23.1 Å². The fraction of sp³-hybridized carbons (Fsp3) is 0.316. The van der Waals surface area contributed by atoms with E-state index in [1.54, 1.807) is 32.2 Å². The van der Waals surface area contributed by atoms with Crippen LogP contribution in [0.2, 0.25) is 0 Å². The van der Waals surface area contributed by atoms with Crippen LogP contribution in [0, 0.1) is 17.6 Å². The van der Waals surface area contributed by atoms with Gasteiger partial charge in [0.2, 0.25) is 11.8 Å². The van der Waals surface area contributed by atoms with E-state index in [9.17, 15) is 18.4 Å². The van der Waals surface area contributed by atoms with E-state index >= 15 is 0 Å². The second-order valence-electron chi connectivity index (χ2n) is 6.22. The molecule has 0 radical (unpaired) electrons. The van der Waals surface area contributed by atoms with Gasteiger partial charge in [-0.25, -0.2) is 13.8 Å². The highest BCUT2D eigenvalue weighted by molar-refractivity contribution is 5.98. The fourth-order valence-electron chi connectivity index (χ4n) is 2.40. The molecule has 0 aliphatic rings. The van der Waals surface area contributed by atoms with E-state index in [-0.39, 0.29) is 12.5 Å². The minimum atomic E-state index is -0.986. The molecule has 2 amide bonds. The Balaban J connectivity index is 2.05. The Kier molecular flexibility index (Phi) is 6.81. The van der Waals surface area contributed by atoms with E-state index < -0.39 is 35.1 Å². The van der Waals surface area contributed by atoms with Crippen LogP contribution in [0.1, 0.15) is 29.8 Å². The first-order valence-corrected chi connectivity index (χ1v) is 8.35. The maximum absolute atomic E-state index is 13.8. The number of carbonyl (C=O) groups is 2. The smallest absolute Gasteiger partial charge is 0.257 e. The Bertz CT molecular complexity index is 790. The lowest BCUT2D eigenvalue weighted by Crippen LogP contribution is -2.49. The van der Waals surface area contributed by atoms with Crippen molar-refractivity contribution in [3.8, 4) is 5.88 Å². The number of benzene rings is 1. The first kappa shape index (κ1) is 20.3. The predicted octanol–water partition coefficient (Wildman–Crippen LogP) is 2.44. The molecule has 27 heavy (non-hydrogen) atoms. The van der Waals surface area contributed by atoms with Crippen molar-refractivity contribution >= 4 is 11.8 Å². The monoisotopic (exact) mass is 377 g/mol. The highest BCUT2D eigenvalue weighted by atomic mass is 19.1. The molecule has 1 unspecified atom stereocenters. The summed E-state index contributed by atoms with van der Waals surface area (Å²) in [5.74, 6) is -3.27. The first-order chi connectivity index (χ1) is 12.8. The van der Waals surface area contributed by atoms with Gasteiger partial charge in [0.05, 0.1) is 7.11 Å². The van der Waals surface area contributed by atoms with Gasteiger partial charge in [0.25, 0.3) is 5.91 Å². The topological polar surface area (TPSA) is 80.3 Å². The Labute approximate surface area is 155 Å². The number of amides is 2. The molecule has 2 N–H and O–H groups in total. The molecule has 0 aliphatic carbocycles. The number of ether oxygens (including phenoxy) is 1. The summed E-state index contributed by atoms with van der Waals surface area (Å²) in [6.07, 6.45) is 1.55. The lowest BCUT2D eigenvalue weighted by atomic mass is 10.0. The molecule has 0 bridgehead atoms. The third-order valence-electron chi connectivity index (χ3n) is 3.90. The van der Waals surface area contributed by atoms with Gasteiger partial charge in [0.15, 0.2) is 0 Å². The van der Waals surface area contributed by atoms with Crippen molar-refractivity contribution in [3.63, 3.8) is 0 Å². The summed E-state index contributed by atoms with van der Waals surface area (Å²) in [5, 5.41) is 5.08. The van der Waals surface area contributed by atoms with Crippen molar-refractivity contribution in [2.24, 2.45) is 5.92 Å². The van der Waals surface area contributed by atoms with E-state index in [0.29, 0.717) is 5.88 Å². The summed E-state index contributed by atoms with van der Waals surface area (Å²) >= 11 is 0. The number of aromatic nitrogens is 1. The molecule has 0 fully saturated rings. The number of nitrogens with zero attached hydrogens (tertiary/aromatic N) is 1. The third kappa shape index (κ3) is 5.22. The van der Waals surface area contributed by atoms with E-state index in [1.807, 2.05) is 0 Å². The Morgan fingerprint density at radius 3 is 2.33 bits per heavy atom. The summed E-state index contributed by atoms with van der Waals surface area (Å²) in [5.41, 5.74) is 0.0217. The minimum Gasteiger partial charge on any atom is -0.481 e. The van der Waals surface area contributed by atoms with Gasteiger partial charge in [0.1, 0.15) is 23.2 Å². The molecule has 1 atom stereocenters. The second-order valence-corrected chi connectivity index (χ2v) is 6.22. The lowest BCUT2D eigenvalue weighted by Gasteiger charge is -2.22. The van der Waals surface area contributed by atoms with Crippen molar-refractivity contribution in [2.45, 2.75) is 26.4 Å². The molecule has 0 saturated carbocycles. The van der Waals surface area contributed by atoms with Gasteiger partial charge < -0.3 is 15.4 Å². The SMILES string of the molecule is COc1ccc(CNC(=O)C(NC(=O)c2c(F)cccc2F)C(C)C)cn1. The summed E-state index contributed by atoms with van der Waals surface area (Å²) in [6, 6.07) is 5.58. The van der Waals surface area contributed by atoms with Crippen LogP contribution in [-0.4, -0.2) is 29.9 Å². The molecule has 6 nitrogen and oxygen atoms in total. The summed E-state index contributed by atoms with van der Waals surface area (Å²) in [7, 11) is 1.50. The highest BCUT2D eigenvalue weighted by Crippen LogP contribution is 2.13. The maximum Gasteiger partial charge on any atom is 0.257 e. The van der Waals surface area contributed by atoms with Crippen LogP contribution in [0.15, 0.2) is 36.5 Å². The fourth-order valence-corrected chi connectivity index (χ4v) is 2.40. The van der Waals surface area contributed by atoms with Crippen LogP contribution in [0.25, 0.3) is 0 Å². The Hall–Kier alpha value is -3.03. The zero-order valence-corrected chi connectivity index (χ0v) is 15.3. The van der Waals surface area contributed by atoms with Crippen LogP contribution in [0.4, 0.5) is 8.78 Å². The van der Waals surface area contributed by atoms with Crippen LogP contribution < -0.4 is 15.4 Å². The summed E-state index contributed by atoms with van der Waals surface area (Å²) < 4.78 is 32.5. The molecule has 0 spiro atoms. The van der Waals surface area contributed by atoms with Crippen molar-refractivity contribution in [1.29, 1.82) is 0 Å². The number of hydrogen-bond acceptors (Lipinski definition) is 4. The zero-order chi connectivity index (χ0) is 20.0. The third-order valence-corrected chi connectivity index (χ3v) is 3.90. The normalized spacial score (nSPS) is 11.8. The number of pyridine rings is 1. The first-order valence-electron chi connectivity index (χ1n) is 8.35. The Morgan fingerprint density at radius 2 is 1.81 bits per heavy atom. The van der Waals surface area contributed by atoms with Crippen molar-refractivity contribution in [2.75, 3.05) is 7.11 Å². The van der Waals surface area contributed by atoms with Gasteiger partial charge >= 0.3 is 0 Å². The van der Waals surface area contributed by atoms with Crippen molar-refractivity contribution in [1.82, 2.24) is 15.6 Å². The number of nitrogens with one attached hydrogen (secondary N) is 2. The van der Waals surface area contributed by atoms with E-state index in [4.69, 9.17) is 4.74 Å². The van der Waals surface area contributed by atoms with Gasteiger partial charge in [-0.05, 0) is 23.6 Å². The van der Waals surface area contributed by atoms with Crippen molar-refractivity contribution in [3.05, 3.63) is 59.3 Å². The van der Waals surface area contributed by atoms with E-state index in [0.717, 1.165) is 23.8 Å². The standard InChI is InChI=1S/C19H21F2N3O3/c1-11(2)17(24-18(25)16-13(20)5-4-6-14(16)21)19(26)23-10-12-7-8-15(27-3)22-9-12/h4-9,11,17H,10H2,1-3H3,(H,23,26)(H,24,25). The molecule has 0 aliphatic heterocycles.